The van der Waals surface area contributed by atoms with Gasteiger partial charge in [0.25, 0.3) is 0 Å². The highest BCUT2D eigenvalue weighted by Crippen LogP contribution is 2.65. The fourth-order valence-corrected chi connectivity index (χ4v) is 5.89. The third-order valence-corrected chi connectivity index (χ3v) is 8.22. The van der Waals surface area contributed by atoms with Gasteiger partial charge in [-0.2, -0.15) is 0 Å². The monoisotopic (exact) mass is 371 g/mol. The fourth-order valence-electron chi connectivity index (χ4n) is 5.35. The van der Waals surface area contributed by atoms with Crippen molar-refractivity contribution < 1.29 is 13.2 Å². The van der Waals surface area contributed by atoms with E-state index in [1.807, 2.05) is 4.90 Å². The molecule has 2 aliphatic carbocycles. The number of nitrogens with one attached hydrogen (secondary N) is 2. The minimum Gasteiger partial charge on any atom is -0.335 e. The highest BCUT2D eigenvalue weighted by molar-refractivity contribution is 7.88. The van der Waals surface area contributed by atoms with E-state index in [1.165, 1.54) is 19.1 Å². The van der Waals surface area contributed by atoms with Crippen LogP contribution in [-0.4, -0.2) is 51.3 Å². The van der Waals surface area contributed by atoms with Crippen molar-refractivity contribution in [1.82, 2.24) is 14.9 Å². The summed E-state index contributed by atoms with van der Waals surface area (Å²) in [6.07, 6.45) is 6.62. The summed E-state index contributed by atoms with van der Waals surface area (Å²) >= 11 is 0. The summed E-state index contributed by atoms with van der Waals surface area (Å²) in [4.78, 5) is 14.7. The van der Waals surface area contributed by atoms with Crippen LogP contribution in [-0.2, 0) is 10.0 Å². The first-order valence-corrected chi connectivity index (χ1v) is 11.4. The molecule has 1 heterocycles. The van der Waals surface area contributed by atoms with Gasteiger partial charge in [-0.3, -0.25) is 0 Å². The topological polar surface area (TPSA) is 78.5 Å². The number of rotatable bonds is 4. The average molecular weight is 372 g/mol. The molecule has 2 N–H and O–H groups in total. The molecule has 1 aliphatic heterocycles. The quantitative estimate of drug-likeness (QED) is 0.795. The predicted molar refractivity (Wildman–Crippen MR) is 98.7 cm³/mol. The van der Waals surface area contributed by atoms with Crippen LogP contribution in [0.5, 0.6) is 0 Å². The molecule has 1 saturated heterocycles. The van der Waals surface area contributed by atoms with Gasteiger partial charge in [-0.15, -0.1) is 0 Å². The SMILES string of the molecule is CC1(C)[C@H]2CC[C@@]1(C)[C@H](NC(=O)N1CCC[C@@H](CNS(C)(=O)=O)C1)C2. The van der Waals surface area contributed by atoms with Gasteiger partial charge in [0, 0.05) is 25.7 Å². The van der Waals surface area contributed by atoms with Crippen LogP contribution >= 0.6 is 0 Å². The number of hydrogen-bond donors (Lipinski definition) is 2. The molecule has 3 fully saturated rings. The zero-order chi connectivity index (χ0) is 18.5. The second-order valence-electron chi connectivity index (χ2n) is 9.19. The minimum absolute atomic E-state index is 0.0265. The Kier molecular flexibility index (Phi) is 4.86. The van der Waals surface area contributed by atoms with Crippen LogP contribution in [0.25, 0.3) is 0 Å². The normalized spacial score (nSPS) is 37.3. The van der Waals surface area contributed by atoms with Gasteiger partial charge in [-0.25, -0.2) is 17.9 Å². The van der Waals surface area contributed by atoms with Crippen LogP contribution in [0, 0.1) is 22.7 Å². The van der Waals surface area contributed by atoms with E-state index < -0.39 is 10.0 Å². The lowest BCUT2D eigenvalue weighted by Gasteiger charge is -2.41. The number of likely N-dealkylation sites (tertiary alicyclic amines) is 1. The van der Waals surface area contributed by atoms with Gasteiger partial charge in [0.1, 0.15) is 0 Å². The lowest BCUT2D eigenvalue weighted by atomic mass is 9.69. The lowest BCUT2D eigenvalue weighted by molar-refractivity contribution is 0.112. The largest absolute Gasteiger partial charge is 0.335 e. The minimum atomic E-state index is -3.18. The number of sulfonamides is 1. The van der Waals surface area contributed by atoms with E-state index in [-0.39, 0.29) is 28.8 Å². The summed E-state index contributed by atoms with van der Waals surface area (Å²) < 4.78 is 25.1. The fraction of sp³-hybridized carbons (Fsp3) is 0.944. The second kappa shape index (κ2) is 6.41. The molecule has 0 radical (unpaired) electrons. The molecule has 0 spiro atoms. The van der Waals surface area contributed by atoms with Crippen LogP contribution in [0.3, 0.4) is 0 Å². The maximum atomic E-state index is 12.8. The second-order valence-corrected chi connectivity index (χ2v) is 11.0. The molecule has 2 amide bonds. The van der Waals surface area contributed by atoms with Crippen LogP contribution in [0.4, 0.5) is 4.79 Å². The standard InChI is InChI=1S/C18H33N3O3S/c1-17(2)14-7-8-18(17,3)15(10-14)20-16(22)21-9-5-6-13(12-21)11-19-25(4,23)24/h13-15,19H,5-12H2,1-4H3,(H,20,22)/t13-,14-,15+,18-/m0/s1. The van der Waals surface area contributed by atoms with Crippen molar-refractivity contribution in [3.63, 3.8) is 0 Å². The maximum Gasteiger partial charge on any atom is 0.317 e. The molecule has 2 saturated carbocycles. The molecule has 144 valence electrons. The third-order valence-electron chi connectivity index (χ3n) is 7.53. The summed E-state index contributed by atoms with van der Waals surface area (Å²) in [6, 6.07) is 0.280. The Hall–Kier alpha value is -0.820. The molecular weight excluding hydrogens is 338 g/mol. The number of fused-ring (bicyclic) bond motifs is 2. The molecule has 0 unspecified atom stereocenters. The van der Waals surface area contributed by atoms with Gasteiger partial charge in [-0.05, 0) is 54.8 Å². The van der Waals surface area contributed by atoms with E-state index in [0.29, 0.717) is 19.0 Å². The first-order chi connectivity index (χ1) is 11.5. The van der Waals surface area contributed by atoms with E-state index >= 15 is 0 Å². The van der Waals surface area contributed by atoms with Gasteiger partial charge in [0.2, 0.25) is 10.0 Å². The predicted octanol–water partition coefficient (Wildman–Crippen LogP) is 2.17. The first-order valence-electron chi connectivity index (χ1n) is 9.53. The van der Waals surface area contributed by atoms with Gasteiger partial charge in [0.05, 0.1) is 6.26 Å². The van der Waals surface area contributed by atoms with Crippen molar-refractivity contribution >= 4 is 16.1 Å². The van der Waals surface area contributed by atoms with Crippen LogP contribution in [0.2, 0.25) is 0 Å². The highest BCUT2D eigenvalue weighted by Gasteiger charge is 2.61. The summed E-state index contributed by atoms with van der Waals surface area (Å²) in [5.74, 6) is 0.900. The summed E-state index contributed by atoms with van der Waals surface area (Å²) in [5, 5.41) is 3.32. The van der Waals surface area contributed by atoms with Crippen LogP contribution in [0.15, 0.2) is 0 Å². The van der Waals surface area contributed by atoms with Crippen molar-refractivity contribution in [2.45, 2.75) is 58.9 Å². The van der Waals surface area contributed by atoms with Crippen molar-refractivity contribution in [1.29, 1.82) is 0 Å². The molecule has 6 nitrogen and oxygen atoms in total. The van der Waals surface area contributed by atoms with Crippen molar-refractivity contribution in [2.75, 3.05) is 25.9 Å². The summed E-state index contributed by atoms with van der Waals surface area (Å²) in [7, 11) is -3.18. The van der Waals surface area contributed by atoms with E-state index in [9.17, 15) is 13.2 Å². The van der Waals surface area contributed by atoms with Gasteiger partial charge < -0.3 is 10.2 Å². The van der Waals surface area contributed by atoms with E-state index in [0.717, 1.165) is 25.8 Å². The molecule has 3 rings (SSSR count). The number of carbonyl (C=O) groups is 1. The molecule has 7 heteroatoms. The van der Waals surface area contributed by atoms with E-state index in [1.54, 1.807) is 0 Å². The molecule has 3 aliphatic rings. The molecule has 2 bridgehead atoms. The zero-order valence-electron chi connectivity index (χ0n) is 16.0. The number of amides is 2. The Labute approximate surface area is 152 Å². The molecule has 25 heavy (non-hydrogen) atoms. The van der Waals surface area contributed by atoms with Crippen LogP contribution < -0.4 is 10.0 Å². The number of hydrogen-bond acceptors (Lipinski definition) is 3. The molecule has 0 aromatic rings. The molecule has 0 aromatic heterocycles. The lowest BCUT2D eigenvalue weighted by Crippen LogP contribution is -2.53. The number of carbonyl (C=O) groups excluding carboxylic acids is 1. The Bertz CT molecular complexity index is 633. The number of nitrogens with zero attached hydrogens (tertiary/aromatic N) is 1. The average Bonchev–Trinajstić information content (AvgIpc) is 2.86. The van der Waals surface area contributed by atoms with Crippen molar-refractivity contribution in [2.24, 2.45) is 22.7 Å². The van der Waals surface area contributed by atoms with Gasteiger partial charge >= 0.3 is 6.03 Å². The number of piperidine rings is 1. The highest BCUT2D eigenvalue weighted by atomic mass is 32.2. The van der Waals surface area contributed by atoms with Crippen molar-refractivity contribution in [3.05, 3.63) is 0 Å². The molecule has 4 atom stereocenters. The maximum absolute atomic E-state index is 12.8. The third kappa shape index (κ3) is 3.54. The molecule has 0 aromatic carbocycles. The van der Waals surface area contributed by atoms with Crippen LogP contribution in [0.1, 0.15) is 52.9 Å². The van der Waals surface area contributed by atoms with E-state index in [2.05, 4.69) is 30.8 Å². The summed E-state index contributed by atoms with van der Waals surface area (Å²) in [5.41, 5.74) is 0.467. The Morgan fingerprint density at radius 2 is 1.96 bits per heavy atom. The van der Waals surface area contributed by atoms with E-state index in [4.69, 9.17) is 0 Å². The van der Waals surface area contributed by atoms with Crippen molar-refractivity contribution in [3.8, 4) is 0 Å². The first kappa shape index (κ1) is 19.0. The Morgan fingerprint density at radius 1 is 1.24 bits per heavy atom. The molecular formula is C18H33N3O3S. The summed E-state index contributed by atoms with van der Waals surface area (Å²) in [6.45, 7) is 8.84. The van der Waals surface area contributed by atoms with Gasteiger partial charge in [0.15, 0.2) is 0 Å². The Morgan fingerprint density at radius 3 is 2.52 bits per heavy atom. The Balaban J connectivity index is 1.57. The zero-order valence-corrected chi connectivity index (χ0v) is 16.8. The smallest absolute Gasteiger partial charge is 0.317 e. The van der Waals surface area contributed by atoms with Gasteiger partial charge in [-0.1, -0.05) is 20.8 Å². The number of urea groups is 1.